The molecule has 3 atom stereocenters. The van der Waals surface area contributed by atoms with Crippen molar-refractivity contribution >= 4 is 6.03 Å². The van der Waals surface area contributed by atoms with Gasteiger partial charge in [0.2, 0.25) is 0 Å². The molecule has 0 aliphatic carbocycles. The molecule has 5 rings (SSSR count). The number of hydrogen-bond donors (Lipinski definition) is 3. The first-order valence-corrected chi connectivity index (χ1v) is 15.1. The summed E-state index contributed by atoms with van der Waals surface area (Å²) in [4.78, 5) is 14.6. The van der Waals surface area contributed by atoms with Gasteiger partial charge < -0.3 is 30.1 Å². The lowest BCUT2D eigenvalue weighted by Crippen LogP contribution is -2.37. The number of carbonyl (C=O) groups is 1. The van der Waals surface area contributed by atoms with Crippen LogP contribution in [-0.2, 0) is 29.2 Å². The lowest BCUT2D eigenvalue weighted by atomic mass is 9.98. The van der Waals surface area contributed by atoms with Crippen LogP contribution >= 0.6 is 0 Å². The average Bonchev–Trinajstić information content (AvgIpc) is 3.07. The topological polar surface area (TPSA) is 83.1 Å². The Balaban J connectivity index is 1.28. The highest BCUT2D eigenvalue weighted by Gasteiger charge is 2.32. The maximum Gasteiger partial charge on any atom is 0.315 e. The molecule has 2 amide bonds. The summed E-state index contributed by atoms with van der Waals surface area (Å²) in [6, 6.07) is 34.0. The second-order valence-corrected chi connectivity index (χ2v) is 11.2. The number of rotatable bonds is 12. The summed E-state index contributed by atoms with van der Waals surface area (Å²) in [6.45, 7) is 6.30. The first-order chi connectivity index (χ1) is 21.5. The molecule has 7 nitrogen and oxygen atoms in total. The molecular weight excluding hydrogens is 550 g/mol. The first-order valence-electron chi connectivity index (χ1n) is 15.1. The standard InChI is InChI=1S/C37H41N3O4/c1-3-19-40(2)25-34-22-35(30-17-15-28(26-41)16-18-30)44-36(43-34)33-14-8-13-32(21-33)31-12-7-11-29(20-31)24-39-37(42)38-23-27-9-5-4-6-10-27/h3-18,20-21,34-36,41H,1,19,22-26H2,2H3,(H2,38,39,42)/t34-,35+,36+/m0/s1. The second-order valence-electron chi connectivity index (χ2n) is 11.2. The first kappa shape index (κ1) is 31.2. The van der Waals surface area contributed by atoms with Gasteiger partial charge in [-0.25, -0.2) is 4.79 Å². The summed E-state index contributed by atoms with van der Waals surface area (Å²) in [5.41, 5.74) is 7.03. The maximum atomic E-state index is 12.4. The molecule has 0 saturated carbocycles. The van der Waals surface area contributed by atoms with Crippen LogP contribution in [0.5, 0.6) is 0 Å². The zero-order chi connectivity index (χ0) is 30.7. The number of nitrogens with one attached hydrogen (secondary N) is 2. The number of ether oxygens (including phenoxy) is 2. The van der Waals surface area contributed by atoms with Gasteiger partial charge in [-0.3, -0.25) is 0 Å². The van der Waals surface area contributed by atoms with E-state index < -0.39 is 6.29 Å². The molecule has 1 heterocycles. The van der Waals surface area contributed by atoms with Gasteiger partial charge in [0, 0.05) is 38.2 Å². The Morgan fingerprint density at radius 3 is 2.25 bits per heavy atom. The predicted molar refractivity (Wildman–Crippen MR) is 174 cm³/mol. The highest BCUT2D eigenvalue weighted by atomic mass is 16.7. The Hall–Kier alpha value is -4.27. The van der Waals surface area contributed by atoms with E-state index >= 15 is 0 Å². The highest BCUT2D eigenvalue weighted by molar-refractivity contribution is 5.74. The Kier molecular flexibility index (Phi) is 10.9. The molecule has 0 bridgehead atoms. The number of likely N-dealkylation sites (N-methyl/N-ethyl adjacent to an activating group) is 1. The summed E-state index contributed by atoms with van der Waals surface area (Å²) >= 11 is 0. The third kappa shape index (κ3) is 8.65. The van der Waals surface area contributed by atoms with Crippen LogP contribution in [0.2, 0.25) is 0 Å². The summed E-state index contributed by atoms with van der Waals surface area (Å²) in [5, 5.41) is 15.3. The van der Waals surface area contributed by atoms with E-state index in [4.69, 9.17) is 9.47 Å². The van der Waals surface area contributed by atoms with Crippen molar-refractivity contribution in [2.75, 3.05) is 20.1 Å². The minimum atomic E-state index is -0.536. The molecule has 0 unspecified atom stereocenters. The minimum absolute atomic E-state index is 0.0119. The minimum Gasteiger partial charge on any atom is -0.392 e. The predicted octanol–water partition coefficient (Wildman–Crippen LogP) is 6.51. The summed E-state index contributed by atoms with van der Waals surface area (Å²) < 4.78 is 13.1. The fraction of sp³-hybridized carbons (Fsp3) is 0.270. The van der Waals surface area contributed by atoms with Crippen LogP contribution in [0.3, 0.4) is 0 Å². The van der Waals surface area contributed by atoms with Crippen LogP contribution in [0.4, 0.5) is 4.79 Å². The summed E-state index contributed by atoms with van der Waals surface area (Å²) in [5.74, 6) is 0. The Morgan fingerprint density at radius 2 is 1.52 bits per heavy atom. The van der Waals surface area contributed by atoms with Gasteiger partial charge in [-0.2, -0.15) is 0 Å². The maximum absolute atomic E-state index is 12.4. The van der Waals surface area contributed by atoms with Gasteiger partial charge in [0.05, 0.1) is 18.8 Å². The van der Waals surface area contributed by atoms with Gasteiger partial charge in [-0.15, -0.1) is 6.58 Å². The van der Waals surface area contributed by atoms with E-state index in [2.05, 4.69) is 53.4 Å². The third-order valence-electron chi connectivity index (χ3n) is 7.74. The van der Waals surface area contributed by atoms with Crippen LogP contribution in [0.15, 0.2) is 116 Å². The van der Waals surface area contributed by atoms with Crippen LogP contribution in [-0.4, -0.2) is 42.3 Å². The SMILES string of the molecule is C=CCN(C)C[C@@H]1C[C@H](c2ccc(CO)cc2)O[C@H](c2cccc(-c3cccc(CNC(=O)NCc4ccccc4)c3)c2)O1. The van der Waals surface area contributed by atoms with Gasteiger partial charge >= 0.3 is 6.03 Å². The van der Waals surface area contributed by atoms with Crippen molar-refractivity contribution in [3.05, 3.63) is 144 Å². The van der Waals surface area contributed by atoms with E-state index in [9.17, 15) is 9.90 Å². The van der Waals surface area contributed by atoms with Crippen molar-refractivity contribution in [1.82, 2.24) is 15.5 Å². The van der Waals surface area contributed by atoms with Crippen molar-refractivity contribution in [3.63, 3.8) is 0 Å². The van der Waals surface area contributed by atoms with E-state index in [1.807, 2.05) is 84.9 Å². The molecule has 0 aromatic heterocycles. The quantitative estimate of drug-likeness (QED) is 0.164. The molecule has 1 fully saturated rings. The van der Waals surface area contributed by atoms with E-state index in [0.29, 0.717) is 13.1 Å². The number of hydrogen-bond acceptors (Lipinski definition) is 5. The van der Waals surface area contributed by atoms with Gasteiger partial charge in [-0.1, -0.05) is 97.1 Å². The molecular formula is C37H41N3O4. The zero-order valence-electron chi connectivity index (χ0n) is 25.2. The third-order valence-corrected chi connectivity index (χ3v) is 7.74. The normalized spacial score (nSPS) is 18.1. The van der Waals surface area contributed by atoms with Gasteiger partial charge in [0.15, 0.2) is 6.29 Å². The van der Waals surface area contributed by atoms with Gasteiger partial charge in [-0.05, 0) is 52.6 Å². The number of aliphatic hydroxyl groups is 1. The summed E-state index contributed by atoms with van der Waals surface area (Å²) in [7, 11) is 2.07. The van der Waals surface area contributed by atoms with Crippen molar-refractivity contribution in [1.29, 1.82) is 0 Å². The molecule has 1 saturated heterocycles. The van der Waals surface area contributed by atoms with Gasteiger partial charge in [0.1, 0.15) is 0 Å². The largest absolute Gasteiger partial charge is 0.392 e. The fourth-order valence-corrected chi connectivity index (χ4v) is 5.42. The van der Waals surface area contributed by atoms with E-state index in [0.717, 1.165) is 58.5 Å². The Bertz CT molecular complexity index is 1510. The smallest absolute Gasteiger partial charge is 0.315 e. The molecule has 1 aliphatic heterocycles. The molecule has 228 valence electrons. The second kappa shape index (κ2) is 15.5. The monoisotopic (exact) mass is 591 g/mol. The zero-order valence-corrected chi connectivity index (χ0v) is 25.2. The molecule has 4 aromatic rings. The van der Waals surface area contributed by atoms with Crippen LogP contribution in [0.25, 0.3) is 11.1 Å². The van der Waals surface area contributed by atoms with E-state index in [1.165, 1.54) is 0 Å². The lowest BCUT2D eigenvalue weighted by Gasteiger charge is -2.37. The number of benzene rings is 4. The molecule has 44 heavy (non-hydrogen) atoms. The molecule has 4 aromatic carbocycles. The highest BCUT2D eigenvalue weighted by Crippen LogP contribution is 2.39. The van der Waals surface area contributed by atoms with E-state index in [-0.39, 0.29) is 24.8 Å². The number of nitrogens with zero attached hydrogens (tertiary/aromatic N) is 1. The molecule has 0 spiro atoms. The van der Waals surface area contributed by atoms with Crippen molar-refractivity contribution in [2.24, 2.45) is 0 Å². The van der Waals surface area contributed by atoms with Crippen LogP contribution < -0.4 is 10.6 Å². The van der Waals surface area contributed by atoms with Crippen molar-refractivity contribution in [3.8, 4) is 11.1 Å². The number of aliphatic hydroxyl groups excluding tert-OH is 1. The van der Waals surface area contributed by atoms with Crippen LogP contribution in [0.1, 0.15) is 46.6 Å². The van der Waals surface area contributed by atoms with Crippen molar-refractivity contribution in [2.45, 2.75) is 44.6 Å². The van der Waals surface area contributed by atoms with Crippen molar-refractivity contribution < 1.29 is 19.4 Å². The van der Waals surface area contributed by atoms with Gasteiger partial charge in [0.25, 0.3) is 0 Å². The Morgan fingerprint density at radius 1 is 0.841 bits per heavy atom. The summed E-state index contributed by atoms with van der Waals surface area (Å²) in [6.07, 6.45) is 1.91. The molecule has 1 aliphatic rings. The number of carbonyl (C=O) groups excluding carboxylic acids is 1. The number of amides is 2. The molecule has 3 N–H and O–H groups in total. The molecule has 7 heteroatoms. The Labute approximate surface area is 260 Å². The lowest BCUT2D eigenvalue weighted by molar-refractivity contribution is -0.252. The molecule has 0 radical (unpaired) electrons. The average molecular weight is 592 g/mol. The van der Waals surface area contributed by atoms with Crippen LogP contribution in [0, 0.1) is 0 Å². The van der Waals surface area contributed by atoms with E-state index in [1.54, 1.807) is 0 Å². The fourth-order valence-electron chi connectivity index (χ4n) is 5.42. The number of urea groups is 1.